The third-order valence-corrected chi connectivity index (χ3v) is 6.01. The lowest BCUT2D eigenvalue weighted by Crippen LogP contribution is -2.31. The lowest BCUT2D eigenvalue weighted by atomic mass is 9.86. The highest BCUT2D eigenvalue weighted by atomic mass is 35.5. The molecule has 0 radical (unpaired) electrons. The summed E-state index contributed by atoms with van der Waals surface area (Å²) in [6, 6.07) is 0. The van der Waals surface area contributed by atoms with Gasteiger partial charge in [-0.3, -0.25) is 0 Å². The standard InChI is InChI=1S/C17H22Cl2/c1-10-7-16(18,14(5)12(10)3)9-17(19)8-11(2)13(4)15(17)6/h7-8H,9H2,1-6H3. The van der Waals surface area contributed by atoms with E-state index in [1.54, 1.807) is 0 Å². The molecule has 0 saturated carbocycles. The van der Waals surface area contributed by atoms with Crippen LogP contribution in [0.5, 0.6) is 0 Å². The molecule has 0 N–H and O–H groups in total. The van der Waals surface area contributed by atoms with Gasteiger partial charge in [0, 0.05) is 6.42 Å². The van der Waals surface area contributed by atoms with Crippen LogP contribution in [0.25, 0.3) is 0 Å². The van der Waals surface area contributed by atoms with Gasteiger partial charge in [-0.15, -0.1) is 23.2 Å². The Bertz CT molecular complexity index is 510. The first-order valence-corrected chi connectivity index (χ1v) is 7.50. The molecule has 0 spiro atoms. The fraction of sp³-hybridized carbons (Fsp3) is 0.529. The van der Waals surface area contributed by atoms with E-state index < -0.39 is 9.75 Å². The van der Waals surface area contributed by atoms with E-state index >= 15 is 0 Å². The number of hydrogen-bond donors (Lipinski definition) is 0. The Morgan fingerprint density at radius 3 is 1.26 bits per heavy atom. The van der Waals surface area contributed by atoms with Gasteiger partial charge in [-0.1, -0.05) is 23.3 Å². The minimum Gasteiger partial charge on any atom is -0.110 e. The molecule has 2 aliphatic rings. The molecule has 2 unspecified atom stereocenters. The summed E-state index contributed by atoms with van der Waals surface area (Å²) in [5.74, 6) is 0. The molecule has 0 aliphatic heterocycles. The minimum atomic E-state index is -0.446. The van der Waals surface area contributed by atoms with Crippen molar-refractivity contribution in [3.8, 4) is 0 Å². The minimum absolute atomic E-state index is 0.446. The lowest BCUT2D eigenvalue weighted by molar-refractivity contribution is 0.641. The fourth-order valence-corrected chi connectivity index (χ4v) is 4.18. The summed E-state index contributed by atoms with van der Waals surface area (Å²) in [4.78, 5) is -0.892. The van der Waals surface area contributed by atoms with Crippen LogP contribution >= 0.6 is 23.2 Å². The molecular formula is C17H22Cl2. The lowest BCUT2D eigenvalue weighted by Gasteiger charge is -2.32. The van der Waals surface area contributed by atoms with Crippen LogP contribution in [0.2, 0.25) is 0 Å². The van der Waals surface area contributed by atoms with Gasteiger partial charge in [0.05, 0.1) is 9.75 Å². The molecule has 2 aliphatic carbocycles. The predicted octanol–water partition coefficient (Wildman–Crippen LogP) is 5.92. The first kappa shape index (κ1) is 14.9. The van der Waals surface area contributed by atoms with Crippen molar-refractivity contribution in [3.05, 3.63) is 45.6 Å². The molecular weight excluding hydrogens is 275 g/mol. The number of halogens is 2. The van der Waals surface area contributed by atoms with Gasteiger partial charge in [0.2, 0.25) is 0 Å². The van der Waals surface area contributed by atoms with Crippen LogP contribution in [-0.2, 0) is 0 Å². The zero-order valence-electron chi connectivity index (χ0n) is 12.6. The van der Waals surface area contributed by atoms with E-state index in [4.69, 9.17) is 23.2 Å². The van der Waals surface area contributed by atoms with E-state index in [0.29, 0.717) is 6.42 Å². The molecule has 0 aromatic heterocycles. The second kappa shape index (κ2) is 4.53. The van der Waals surface area contributed by atoms with Crippen molar-refractivity contribution in [2.75, 3.05) is 0 Å². The molecule has 0 saturated heterocycles. The normalized spacial score (nSPS) is 35.2. The Labute approximate surface area is 126 Å². The van der Waals surface area contributed by atoms with Crippen molar-refractivity contribution in [1.82, 2.24) is 0 Å². The van der Waals surface area contributed by atoms with Gasteiger partial charge in [0.25, 0.3) is 0 Å². The highest BCUT2D eigenvalue weighted by Crippen LogP contribution is 2.50. The Kier molecular flexibility index (Phi) is 3.56. The average molecular weight is 297 g/mol. The average Bonchev–Trinajstić information content (AvgIpc) is 2.61. The van der Waals surface area contributed by atoms with E-state index in [0.717, 1.165) is 0 Å². The topological polar surface area (TPSA) is 0 Å². The summed E-state index contributed by atoms with van der Waals surface area (Å²) in [7, 11) is 0. The first-order chi connectivity index (χ1) is 8.61. The summed E-state index contributed by atoms with van der Waals surface area (Å²) in [5.41, 5.74) is 7.60. The van der Waals surface area contributed by atoms with Crippen molar-refractivity contribution in [2.24, 2.45) is 0 Å². The van der Waals surface area contributed by atoms with Crippen LogP contribution in [0.3, 0.4) is 0 Å². The van der Waals surface area contributed by atoms with E-state index in [1.807, 2.05) is 0 Å². The third kappa shape index (κ3) is 2.23. The molecule has 0 aromatic carbocycles. The molecule has 19 heavy (non-hydrogen) atoms. The van der Waals surface area contributed by atoms with Gasteiger partial charge in [0.15, 0.2) is 0 Å². The summed E-state index contributed by atoms with van der Waals surface area (Å²) in [5, 5.41) is 0. The van der Waals surface area contributed by atoms with E-state index in [2.05, 4.69) is 53.7 Å². The largest absolute Gasteiger partial charge is 0.110 e. The van der Waals surface area contributed by atoms with Crippen molar-refractivity contribution < 1.29 is 0 Å². The SMILES string of the molecule is CC1=CC(Cl)(CC2(Cl)C=C(C)C(C)=C2C)C(C)=C1C. The van der Waals surface area contributed by atoms with Gasteiger partial charge in [-0.05, 0) is 63.8 Å². The summed E-state index contributed by atoms with van der Waals surface area (Å²) in [6.07, 6.45) is 5.03. The Balaban J connectivity index is 2.40. The number of rotatable bonds is 2. The highest BCUT2D eigenvalue weighted by molar-refractivity contribution is 6.31. The van der Waals surface area contributed by atoms with E-state index in [-0.39, 0.29) is 0 Å². The van der Waals surface area contributed by atoms with Crippen LogP contribution < -0.4 is 0 Å². The van der Waals surface area contributed by atoms with Gasteiger partial charge in [-0.2, -0.15) is 0 Å². The van der Waals surface area contributed by atoms with E-state index in [1.165, 1.54) is 33.4 Å². The number of hydrogen-bond acceptors (Lipinski definition) is 0. The van der Waals surface area contributed by atoms with Crippen LogP contribution in [0.15, 0.2) is 45.6 Å². The van der Waals surface area contributed by atoms with Crippen LogP contribution in [0.4, 0.5) is 0 Å². The Morgan fingerprint density at radius 2 is 1.05 bits per heavy atom. The van der Waals surface area contributed by atoms with Crippen molar-refractivity contribution in [2.45, 2.75) is 57.7 Å². The molecule has 2 heteroatoms. The molecule has 2 atom stereocenters. The predicted molar refractivity (Wildman–Crippen MR) is 86.0 cm³/mol. The van der Waals surface area contributed by atoms with Gasteiger partial charge in [0.1, 0.15) is 0 Å². The number of allylic oxidation sites excluding steroid dienone is 8. The van der Waals surface area contributed by atoms with Crippen molar-refractivity contribution in [1.29, 1.82) is 0 Å². The number of alkyl halides is 2. The van der Waals surface area contributed by atoms with Crippen molar-refractivity contribution >= 4 is 23.2 Å². The van der Waals surface area contributed by atoms with E-state index in [9.17, 15) is 0 Å². The van der Waals surface area contributed by atoms with Crippen LogP contribution in [0, 0.1) is 0 Å². The molecule has 2 rings (SSSR count). The maximum absolute atomic E-state index is 6.87. The summed E-state index contributed by atoms with van der Waals surface area (Å²) >= 11 is 13.7. The van der Waals surface area contributed by atoms with Crippen LogP contribution in [0.1, 0.15) is 48.0 Å². The highest BCUT2D eigenvalue weighted by Gasteiger charge is 2.44. The molecule has 0 bridgehead atoms. The monoisotopic (exact) mass is 296 g/mol. The van der Waals surface area contributed by atoms with Crippen molar-refractivity contribution in [3.63, 3.8) is 0 Å². The maximum Gasteiger partial charge on any atom is 0.0866 e. The Hall–Kier alpha value is -0.460. The summed E-state index contributed by atoms with van der Waals surface area (Å²) < 4.78 is 0. The molecule has 0 fully saturated rings. The van der Waals surface area contributed by atoms with Gasteiger partial charge in [-0.25, -0.2) is 0 Å². The van der Waals surface area contributed by atoms with Gasteiger partial charge >= 0.3 is 0 Å². The first-order valence-electron chi connectivity index (χ1n) is 6.74. The quantitative estimate of drug-likeness (QED) is 0.555. The second-order valence-electron chi connectivity index (χ2n) is 6.06. The zero-order chi connectivity index (χ0) is 14.6. The molecule has 0 nitrogen and oxygen atoms in total. The molecule has 0 aromatic rings. The third-order valence-electron chi connectivity index (χ3n) is 4.96. The van der Waals surface area contributed by atoms with Crippen LogP contribution in [-0.4, -0.2) is 9.75 Å². The maximum atomic E-state index is 6.87. The fourth-order valence-electron chi connectivity index (χ4n) is 3.08. The summed E-state index contributed by atoms with van der Waals surface area (Å²) in [6.45, 7) is 12.7. The smallest absolute Gasteiger partial charge is 0.0866 e. The molecule has 0 heterocycles. The van der Waals surface area contributed by atoms with Gasteiger partial charge < -0.3 is 0 Å². The molecule has 104 valence electrons. The molecule has 0 amide bonds. The zero-order valence-corrected chi connectivity index (χ0v) is 14.1. The second-order valence-corrected chi connectivity index (χ2v) is 7.41. The Morgan fingerprint density at radius 1 is 0.737 bits per heavy atom.